The summed E-state index contributed by atoms with van der Waals surface area (Å²) in [5.74, 6) is 0. The van der Waals surface area contributed by atoms with Gasteiger partial charge in [-0.1, -0.05) is 244 Å². The molecule has 0 saturated heterocycles. The number of furan rings is 1. The Morgan fingerprint density at radius 3 is 1.32 bits per heavy atom. The average Bonchev–Trinajstić information content (AvgIpc) is 1.55. The summed E-state index contributed by atoms with van der Waals surface area (Å²) < 4.78 is 10.1. The molecule has 1 atom stereocenters. The predicted molar refractivity (Wildman–Crippen MR) is 383 cm³/mol. The molecule has 0 radical (unpaired) electrons. The summed E-state index contributed by atoms with van der Waals surface area (Å²) in [6.45, 7) is 28.0. The highest BCUT2D eigenvalue weighted by Gasteiger charge is 2.50. The zero-order chi connectivity index (χ0) is 61.1. The molecule has 14 rings (SSSR count). The second-order valence-corrected chi connectivity index (χ2v) is 35.4. The van der Waals surface area contributed by atoms with Crippen LogP contribution in [0.1, 0.15) is 101 Å². The van der Waals surface area contributed by atoms with E-state index in [1.165, 1.54) is 79.7 Å². The summed E-state index contributed by atoms with van der Waals surface area (Å²) in [5.41, 5.74) is 18.5. The predicted octanol–water partition coefficient (Wildman–Crippen LogP) is 23.8. The van der Waals surface area contributed by atoms with E-state index in [0.29, 0.717) is 0 Å². The van der Waals surface area contributed by atoms with Crippen LogP contribution in [0.5, 0.6) is 0 Å². The van der Waals surface area contributed by atoms with E-state index in [4.69, 9.17) is 4.42 Å². The normalized spacial score (nSPS) is 14.5. The van der Waals surface area contributed by atoms with Crippen LogP contribution in [0.25, 0.3) is 53.2 Å². The molecule has 0 spiro atoms. The second kappa shape index (κ2) is 21.4. The van der Waals surface area contributed by atoms with Crippen LogP contribution in [-0.2, 0) is 21.7 Å². The lowest BCUT2D eigenvalue weighted by atomic mass is 9.67. The summed E-state index contributed by atoms with van der Waals surface area (Å²) >= 11 is 3.73. The summed E-state index contributed by atoms with van der Waals surface area (Å²) in [4.78, 5) is 7.42. The van der Waals surface area contributed by atoms with Crippen LogP contribution in [0, 0.1) is 0 Å². The smallest absolute Gasteiger partial charge is 0.145 e. The molecule has 3 nitrogen and oxygen atoms in total. The van der Waals surface area contributed by atoms with Crippen molar-refractivity contribution in [2.24, 2.45) is 0 Å². The summed E-state index contributed by atoms with van der Waals surface area (Å²) in [7, 11) is -1.77. The fourth-order valence-electron chi connectivity index (χ4n) is 13.5. The highest BCUT2D eigenvalue weighted by Crippen LogP contribution is 2.65. The van der Waals surface area contributed by atoms with E-state index < -0.39 is 13.5 Å². The number of rotatable bonds is 11. The lowest BCUT2D eigenvalue weighted by Crippen LogP contribution is -2.38. The molecular weight excluding hydrogens is 1120 g/mol. The van der Waals surface area contributed by atoms with Gasteiger partial charge in [0.1, 0.15) is 11.2 Å². The quantitative estimate of drug-likeness (QED) is 0.120. The number of benzene rings is 11. The molecule has 2 aromatic heterocycles. The molecule has 1 unspecified atom stereocenters. The van der Waals surface area contributed by atoms with E-state index in [2.05, 4.69) is 334 Å². The molecule has 2 heterocycles. The van der Waals surface area contributed by atoms with Crippen molar-refractivity contribution < 1.29 is 4.42 Å². The van der Waals surface area contributed by atoms with Gasteiger partial charge < -0.3 is 14.2 Å². The third kappa shape index (κ3) is 9.80. The van der Waals surface area contributed by atoms with Crippen molar-refractivity contribution in [2.75, 3.05) is 9.80 Å². The minimum Gasteiger partial charge on any atom is -0.455 e. The number of hydrogen-bond donors (Lipinski definition) is 0. The average molecular weight is 1200 g/mol. The largest absolute Gasteiger partial charge is 0.455 e. The lowest BCUT2D eigenvalue weighted by molar-refractivity contribution is 0.589. The number of nitrogens with zero attached hydrogens (tertiary/aromatic N) is 2. The van der Waals surface area contributed by atoms with Crippen molar-refractivity contribution in [3.63, 3.8) is 0 Å². The van der Waals surface area contributed by atoms with Crippen molar-refractivity contribution in [3.8, 4) is 11.1 Å². The van der Waals surface area contributed by atoms with Gasteiger partial charge in [-0.2, -0.15) is 0 Å². The lowest BCUT2D eigenvalue weighted by Gasteiger charge is -2.36. The second-order valence-electron chi connectivity index (χ2n) is 28.2. The number of hydrogen-bond acceptors (Lipinski definition) is 5. The van der Waals surface area contributed by atoms with Crippen molar-refractivity contribution in [1.82, 2.24) is 0 Å². The fourth-order valence-corrected chi connectivity index (χ4v) is 16.8. The Labute approximate surface area is 529 Å². The number of anilines is 6. The van der Waals surface area contributed by atoms with Crippen LogP contribution >= 0.6 is 23.1 Å². The van der Waals surface area contributed by atoms with Gasteiger partial charge in [0.2, 0.25) is 0 Å². The maximum Gasteiger partial charge on any atom is 0.145 e. The Bertz CT molecular complexity index is 4520. The van der Waals surface area contributed by atoms with Crippen molar-refractivity contribution in [3.05, 3.63) is 282 Å². The van der Waals surface area contributed by atoms with Gasteiger partial charge >= 0.3 is 0 Å². The SMILES string of the molecule is CC(C)(C)c1ccc(Sc2ccc(C3(c4ccc([Si](C)(C)C)cc4)c4cc(N(c5ccccc5)c5ccc(C(C)(C)C)cc5)c5c(oc6ccccc65)c4-c4c3cc(N(c3ccccc3)c3ccc(C(C)(C)C)cc3)c3c4sc4ccccc43)cc2)cc1. The Morgan fingerprint density at radius 1 is 0.409 bits per heavy atom. The van der Waals surface area contributed by atoms with Crippen LogP contribution in [0.2, 0.25) is 19.6 Å². The van der Waals surface area contributed by atoms with Gasteiger partial charge in [0.25, 0.3) is 0 Å². The van der Waals surface area contributed by atoms with Crippen LogP contribution in [0.15, 0.2) is 257 Å². The van der Waals surface area contributed by atoms with Gasteiger partial charge in [0.05, 0.1) is 30.2 Å². The van der Waals surface area contributed by atoms with Gasteiger partial charge in [-0.25, -0.2) is 0 Å². The van der Waals surface area contributed by atoms with E-state index in [9.17, 15) is 0 Å². The molecule has 0 fully saturated rings. The number of para-hydroxylation sites is 3. The van der Waals surface area contributed by atoms with Gasteiger partial charge in [-0.15, -0.1) is 11.3 Å². The van der Waals surface area contributed by atoms with Crippen LogP contribution in [-0.4, -0.2) is 8.07 Å². The number of fused-ring (bicyclic) bond motifs is 11. The van der Waals surface area contributed by atoms with Crippen molar-refractivity contribution >= 4 is 113 Å². The monoisotopic (exact) mass is 1200 g/mol. The maximum absolute atomic E-state index is 7.67. The fraction of sp³-hybridized carbons (Fsp3) is 0.195. The molecule has 0 N–H and O–H groups in total. The molecule has 0 bridgehead atoms. The van der Waals surface area contributed by atoms with Crippen molar-refractivity contribution in [1.29, 1.82) is 0 Å². The third-order valence-corrected chi connectivity index (χ3v) is 22.5. The van der Waals surface area contributed by atoms with Gasteiger partial charge in [0, 0.05) is 69.2 Å². The van der Waals surface area contributed by atoms with Crippen LogP contribution in [0.3, 0.4) is 0 Å². The van der Waals surface area contributed by atoms with E-state index >= 15 is 0 Å². The Morgan fingerprint density at radius 2 is 0.818 bits per heavy atom. The Hall–Kier alpha value is -8.39. The zero-order valence-electron chi connectivity index (χ0n) is 52.7. The molecule has 1 aliphatic rings. The van der Waals surface area contributed by atoms with Gasteiger partial charge in [0.15, 0.2) is 0 Å². The molecular formula is C82H76N2OS2Si. The van der Waals surface area contributed by atoms with Crippen LogP contribution < -0.4 is 15.0 Å². The van der Waals surface area contributed by atoms with Crippen LogP contribution in [0.4, 0.5) is 34.1 Å². The first-order valence-corrected chi connectivity index (χ1v) is 36.2. The summed E-state index contributed by atoms with van der Waals surface area (Å²) in [6.07, 6.45) is 0. The number of thiophene rings is 1. The third-order valence-electron chi connectivity index (χ3n) is 18.2. The molecule has 88 heavy (non-hydrogen) atoms. The first kappa shape index (κ1) is 57.4. The molecule has 436 valence electrons. The Kier molecular flexibility index (Phi) is 14.0. The zero-order valence-corrected chi connectivity index (χ0v) is 55.3. The van der Waals surface area contributed by atoms with E-state index in [1.807, 2.05) is 23.1 Å². The van der Waals surface area contributed by atoms with E-state index in [-0.39, 0.29) is 16.2 Å². The molecule has 6 heteroatoms. The maximum atomic E-state index is 7.67. The van der Waals surface area contributed by atoms with Gasteiger partial charge in [-0.3, -0.25) is 0 Å². The minimum atomic E-state index is -1.77. The summed E-state index contributed by atoms with van der Waals surface area (Å²) in [6, 6.07) is 92.1. The van der Waals surface area contributed by atoms with E-state index in [1.54, 1.807) is 0 Å². The first-order chi connectivity index (χ1) is 42.2. The molecule has 11 aromatic carbocycles. The molecule has 0 aliphatic heterocycles. The minimum absolute atomic E-state index is 0.0192. The molecule has 0 saturated carbocycles. The molecule has 0 amide bonds. The standard InChI is InChI=1S/C82H76N2OS2Si/c1-79(2,3)53-31-41-60(42-32-53)83(58-23-15-13-16-24-58)69-51-67-75(77-73(69)65-27-19-21-29-71(65)85-77)76-68(82(67,57-39-49-64(50-40-57)88(10,11)12)56-37-47-63(48-38-56)86-62-45-35-55(36-46-62)81(7,8)9)52-70(74-66-28-20-22-30-72(66)87-78(74)76)84(59-25-17-14-18-26-59)61-43-33-54(34-44-61)80(4,5)6/h13-52H,1-12H3. The topological polar surface area (TPSA) is 19.6 Å². The summed E-state index contributed by atoms with van der Waals surface area (Å²) in [5, 5.41) is 6.04. The highest BCUT2D eigenvalue weighted by molar-refractivity contribution is 7.99. The first-order valence-electron chi connectivity index (χ1n) is 31.1. The van der Waals surface area contributed by atoms with E-state index in [0.717, 1.165) is 61.6 Å². The highest BCUT2D eigenvalue weighted by atomic mass is 32.2. The molecule has 1 aliphatic carbocycles. The molecule has 13 aromatic rings. The van der Waals surface area contributed by atoms with Gasteiger partial charge in [-0.05, 0) is 152 Å². The Balaban J connectivity index is 1.16. The van der Waals surface area contributed by atoms with Crippen molar-refractivity contribution in [2.45, 2.75) is 113 Å².